The van der Waals surface area contributed by atoms with Crippen molar-refractivity contribution >= 4 is 10.9 Å². The average molecular weight is 452 g/mol. The first-order valence-corrected chi connectivity index (χ1v) is 11.2. The quantitative estimate of drug-likeness (QED) is 0.618. The van der Waals surface area contributed by atoms with E-state index in [0.29, 0.717) is 35.7 Å². The standard InChI is InChI=1S/C25H29N3O5/c1-16-18(25(29)23-20(30-2)6-7-21(31-3)24(23)26-16)14-28-10-8-27(9-11-28)13-17-4-5-19-22(12-17)33-15-32-19/h4-7,12H,8-11,13-15H2,1-3H3,(H,26,29). The van der Waals surface area contributed by atoms with E-state index in [4.69, 9.17) is 18.9 Å². The third kappa shape index (κ3) is 4.12. The first-order valence-electron chi connectivity index (χ1n) is 11.2. The third-order valence-electron chi connectivity index (χ3n) is 6.52. The monoisotopic (exact) mass is 451 g/mol. The predicted octanol–water partition coefficient (Wildman–Crippen LogP) is 2.90. The molecule has 0 amide bonds. The van der Waals surface area contributed by atoms with Crippen LogP contribution in [-0.4, -0.2) is 62.0 Å². The Bertz CT molecular complexity index is 1230. The van der Waals surface area contributed by atoms with Gasteiger partial charge in [-0.2, -0.15) is 0 Å². The molecule has 174 valence electrons. The number of nitrogens with one attached hydrogen (secondary N) is 1. The number of aromatic amines is 1. The molecule has 0 radical (unpaired) electrons. The van der Waals surface area contributed by atoms with Crippen molar-refractivity contribution in [1.29, 1.82) is 0 Å². The van der Waals surface area contributed by atoms with Crippen LogP contribution in [0.25, 0.3) is 10.9 Å². The van der Waals surface area contributed by atoms with Gasteiger partial charge in [0.1, 0.15) is 11.5 Å². The molecule has 0 atom stereocenters. The minimum absolute atomic E-state index is 0.000195. The Balaban J connectivity index is 1.29. The highest BCUT2D eigenvalue weighted by Gasteiger charge is 2.22. The maximum absolute atomic E-state index is 13.5. The smallest absolute Gasteiger partial charge is 0.231 e. The molecule has 2 aliphatic rings. The zero-order chi connectivity index (χ0) is 22.9. The van der Waals surface area contributed by atoms with Crippen LogP contribution >= 0.6 is 0 Å². The number of aromatic nitrogens is 1. The Morgan fingerprint density at radius 2 is 1.58 bits per heavy atom. The van der Waals surface area contributed by atoms with Gasteiger partial charge in [0.25, 0.3) is 0 Å². The van der Waals surface area contributed by atoms with E-state index in [-0.39, 0.29) is 5.43 Å². The molecule has 0 bridgehead atoms. The van der Waals surface area contributed by atoms with Gasteiger partial charge in [0.05, 0.1) is 25.1 Å². The molecule has 8 nitrogen and oxygen atoms in total. The number of nitrogens with zero attached hydrogens (tertiary/aromatic N) is 2. The number of piperazine rings is 1. The number of aryl methyl sites for hydroxylation is 1. The van der Waals surface area contributed by atoms with Crippen LogP contribution in [0.4, 0.5) is 0 Å². The average Bonchev–Trinajstić information content (AvgIpc) is 3.30. The lowest BCUT2D eigenvalue weighted by atomic mass is 10.1. The van der Waals surface area contributed by atoms with Gasteiger partial charge >= 0.3 is 0 Å². The van der Waals surface area contributed by atoms with Crippen molar-refractivity contribution < 1.29 is 18.9 Å². The summed E-state index contributed by atoms with van der Waals surface area (Å²) in [7, 11) is 3.19. The molecule has 0 unspecified atom stereocenters. The molecule has 33 heavy (non-hydrogen) atoms. The Hall–Kier alpha value is -3.23. The predicted molar refractivity (Wildman–Crippen MR) is 126 cm³/mol. The van der Waals surface area contributed by atoms with E-state index in [2.05, 4.69) is 26.9 Å². The number of pyridine rings is 1. The highest BCUT2D eigenvalue weighted by atomic mass is 16.7. The molecule has 0 saturated carbocycles. The van der Waals surface area contributed by atoms with Crippen molar-refractivity contribution in [2.24, 2.45) is 0 Å². The van der Waals surface area contributed by atoms with Gasteiger partial charge in [-0.1, -0.05) is 6.07 Å². The fourth-order valence-electron chi connectivity index (χ4n) is 4.66. The summed E-state index contributed by atoms with van der Waals surface area (Å²) in [6, 6.07) is 9.74. The number of benzene rings is 2. The third-order valence-corrected chi connectivity index (χ3v) is 6.52. The molecule has 0 spiro atoms. The summed E-state index contributed by atoms with van der Waals surface area (Å²) >= 11 is 0. The van der Waals surface area contributed by atoms with Crippen LogP contribution in [0.1, 0.15) is 16.8 Å². The zero-order valence-corrected chi connectivity index (χ0v) is 19.3. The normalized spacial score (nSPS) is 16.3. The summed E-state index contributed by atoms with van der Waals surface area (Å²) in [5.41, 5.74) is 3.53. The number of hydrogen-bond acceptors (Lipinski definition) is 7. The lowest BCUT2D eigenvalue weighted by Gasteiger charge is -2.34. The van der Waals surface area contributed by atoms with Crippen molar-refractivity contribution in [1.82, 2.24) is 14.8 Å². The molecule has 3 heterocycles. The molecule has 8 heteroatoms. The number of hydrogen-bond donors (Lipinski definition) is 1. The van der Waals surface area contributed by atoms with Crippen molar-refractivity contribution in [2.75, 3.05) is 47.2 Å². The topological polar surface area (TPSA) is 76.3 Å². The number of rotatable bonds is 6. The van der Waals surface area contributed by atoms with Gasteiger partial charge in [-0.25, -0.2) is 0 Å². The van der Waals surface area contributed by atoms with Gasteiger partial charge in [-0.05, 0) is 36.8 Å². The Morgan fingerprint density at radius 3 is 2.30 bits per heavy atom. The lowest BCUT2D eigenvalue weighted by Crippen LogP contribution is -2.46. The maximum atomic E-state index is 13.5. The largest absolute Gasteiger partial charge is 0.496 e. The minimum atomic E-state index is -0.000195. The lowest BCUT2D eigenvalue weighted by molar-refractivity contribution is 0.121. The van der Waals surface area contributed by atoms with Crippen LogP contribution < -0.4 is 24.4 Å². The maximum Gasteiger partial charge on any atom is 0.231 e. The number of H-pyrrole nitrogens is 1. The van der Waals surface area contributed by atoms with Crippen molar-refractivity contribution in [3.05, 3.63) is 57.4 Å². The van der Waals surface area contributed by atoms with Gasteiger partial charge in [0, 0.05) is 50.5 Å². The van der Waals surface area contributed by atoms with Crippen LogP contribution in [0.2, 0.25) is 0 Å². The van der Waals surface area contributed by atoms with E-state index < -0.39 is 0 Å². The SMILES string of the molecule is COc1ccc(OC)c2c(=O)c(CN3CCN(Cc4ccc5c(c4)OCO5)CC3)c(C)[nH]c12. The molecule has 1 N–H and O–H groups in total. The highest BCUT2D eigenvalue weighted by molar-refractivity contribution is 5.90. The van der Waals surface area contributed by atoms with Crippen LogP contribution in [0, 0.1) is 6.92 Å². The Labute approximate surface area is 192 Å². The molecular formula is C25H29N3O5. The zero-order valence-electron chi connectivity index (χ0n) is 19.3. The number of fused-ring (bicyclic) bond motifs is 2. The first kappa shape index (κ1) is 21.6. The highest BCUT2D eigenvalue weighted by Crippen LogP contribution is 2.33. The summed E-state index contributed by atoms with van der Waals surface area (Å²) in [5, 5.41) is 0.541. The van der Waals surface area contributed by atoms with Gasteiger partial charge < -0.3 is 23.9 Å². The van der Waals surface area contributed by atoms with Crippen LogP contribution in [0.15, 0.2) is 35.1 Å². The molecule has 5 rings (SSSR count). The molecule has 1 aromatic heterocycles. The fraction of sp³-hybridized carbons (Fsp3) is 0.400. The minimum Gasteiger partial charge on any atom is -0.496 e. The van der Waals surface area contributed by atoms with Crippen LogP contribution in [0.5, 0.6) is 23.0 Å². The Morgan fingerprint density at radius 1 is 0.909 bits per heavy atom. The van der Waals surface area contributed by atoms with Gasteiger partial charge in [-0.3, -0.25) is 14.6 Å². The number of methoxy groups -OCH3 is 2. The molecule has 2 aromatic carbocycles. The van der Waals surface area contributed by atoms with Gasteiger partial charge in [-0.15, -0.1) is 0 Å². The van der Waals surface area contributed by atoms with E-state index in [0.717, 1.165) is 55.5 Å². The van der Waals surface area contributed by atoms with E-state index in [1.165, 1.54) is 5.56 Å². The summed E-state index contributed by atoms with van der Waals surface area (Å²) in [6.07, 6.45) is 0. The molecule has 0 aliphatic carbocycles. The second-order valence-corrected chi connectivity index (χ2v) is 8.52. The molecular weight excluding hydrogens is 422 g/mol. The van der Waals surface area contributed by atoms with Gasteiger partial charge in [0.2, 0.25) is 6.79 Å². The molecule has 2 aliphatic heterocycles. The van der Waals surface area contributed by atoms with E-state index in [1.54, 1.807) is 20.3 Å². The molecule has 1 fully saturated rings. The summed E-state index contributed by atoms with van der Waals surface area (Å²) in [6.45, 7) is 7.40. The van der Waals surface area contributed by atoms with Crippen LogP contribution in [-0.2, 0) is 13.1 Å². The second-order valence-electron chi connectivity index (χ2n) is 8.52. The number of ether oxygens (including phenoxy) is 4. The van der Waals surface area contributed by atoms with Crippen molar-refractivity contribution in [3.63, 3.8) is 0 Å². The first-order chi connectivity index (χ1) is 16.1. The fourth-order valence-corrected chi connectivity index (χ4v) is 4.66. The second kappa shape index (κ2) is 8.96. The Kier molecular flexibility index (Phi) is 5.86. The molecule has 1 saturated heterocycles. The van der Waals surface area contributed by atoms with E-state index >= 15 is 0 Å². The summed E-state index contributed by atoms with van der Waals surface area (Å²) in [4.78, 5) is 21.6. The van der Waals surface area contributed by atoms with Crippen LogP contribution in [0.3, 0.4) is 0 Å². The van der Waals surface area contributed by atoms with E-state index in [1.807, 2.05) is 19.1 Å². The van der Waals surface area contributed by atoms with E-state index in [9.17, 15) is 4.79 Å². The summed E-state index contributed by atoms with van der Waals surface area (Å²) in [5.74, 6) is 2.83. The van der Waals surface area contributed by atoms with Crippen molar-refractivity contribution in [2.45, 2.75) is 20.0 Å². The van der Waals surface area contributed by atoms with Gasteiger partial charge in [0.15, 0.2) is 16.9 Å². The summed E-state index contributed by atoms with van der Waals surface area (Å²) < 4.78 is 21.8. The molecule has 3 aromatic rings. The van der Waals surface area contributed by atoms with Crippen molar-refractivity contribution in [3.8, 4) is 23.0 Å².